The minimum Gasteiger partial charge on any atom is -0.377 e. The van der Waals surface area contributed by atoms with Crippen molar-refractivity contribution in [1.29, 1.82) is 0 Å². The molecule has 21 heavy (non-hydrogen) atoms. The van der Waals surface area contributed by atoms with Gasteiger partial charge in [0.2, 0.25) is 10.0 Å². The predicted octanol–water partition coefficient (Wildman–Crippen LogP) is 2.97. The van der Waals surface area contributed by atoms with Gasteiger partial charge in [0.05, 0.1) is 11.1 Å². The second-order valence-electron chi connectivity index (χ2n) is 4.94. The number of nitrogens with zero attached hydrogens (tertiary/aromatic N) is 2. The first-order chi connectivity index (χ1) is 9.95. The van der Waals surface area contributed by atoms with Gasteiger partial charge in [-0.3, -0.25) is 0 Å². The Morgan fingerprint density at radius 1 is 1.48 bits per heavy atom. The third-order valence-electron chi connectivity index (χ3n) is 3.31. The van der Waals surface area contributed by atoms with E-state index in [4.69, 9.17) is 27.9 Å². The Hall–Kier alpha value is -0.400. The van der Waals surface area contributed by atoms with Gasteiger partial charge in [0.1, 0.15) is 10.0 Å². The second-order valence-corrected chi connectivity index (χ2v) is 7.64. The molecule has 2 rings (SSSR count). The molecule has 1 saturated heterocycles. The Morgan fingerprint density at radius 2 is 2.24 bits per heavy atom. The fourth-order valence-electron chi connectivity index (χ4n) is 2.24. The third-order valence-corrected chi connectivity index (χ3v) is 5.82. The maximum Gasteiger partial charge on any atom is 0.244 e. The highest BCUT2D eigenvalue weighted by atomic mass is 35.5. The molecular weight excluding hydrogens is 335 g/mol. The molecule has 1 aromatic heterocycles. The Balaban J connectivity index is 2.16. The standard InChI is InChI=1S/C13H18Cl2N2O3S/c1-2-6-20-10-4-3-5-17(9-10)21(18,19)11-7-12(14)13(15)16-8-11/h7-8,10H,2-6,9H2,1H3. The summed E-state index contributed by atoms with van der Waals surface area (Å²) in [5, 5.41) is 0.229. The van der Waals surface area contributed by atoms with E-state index in [1.54, 1.807) is 0 Å². The molecule has 5 nitrogen and oxygen atoms in total. The van der Waals surface area contributed by atoms with Gasteiger partial charge in [-0.25, -0.2) is 13.4 Å². The van der Waals surface area contributed by atoms with Gasteiger partial charge in [-0.1, -0.05) is 30.1 Å². The molecule has 1 aliphatic rings. The third kappa shape index (κ3) is 4.07. The summed E-state index contributed by atoms with van der Waals surface area (Å²) in [6.07, 6.45) is 3.76. The van der Waals surface area contributed by atoms with Gasteiger partial charge < -0.3 is 4.74 Å². The van der Waals surface area contributed by atoms with E-state index < -0.39 is 10.0 Å². The van der Waals surface area contributed by atoms with Gasteiger partial charge in [0.25, 0.3) is 0 Å². The van der Waals surface area contributed by atoms with Crippen molar-refractivity contribution in [2.24, 2.45) is 0 Å². The predicted molar refractivity (Wildman–Crippen MR) is 82.3 cm³/mol. The van der Waals surface area contributed by atoms with Crippen LogP contribution in [0, 0.1) is 0 Å². The highest BCUT2D eigenvalue weighted by Gasteiger charge is 2.31. The fourth-order valence-corrected chi connectivity index (χ4v) is 4.05. The monoisotopic (exact) mass is 352 g/mol. The average Bonchev–Trinajstić information content (AvgIpc) is 2.48. The number of halogens is 2. The molecule has 1 fully saturated rings. The molecule has 0 bridgehead atoms. The summed E-state index contributed by atoms with van der Waals surface area (Å²) in [7, 11) is -3.61. The second kappa shape index (κ2) is 7.24. The molecule has 1 atom stereocenters. The summed E-state index contributed by atoms with van der Waals surface area (Å²) in [6, 6.07) is 1.34. The molecule has 0 spiro atoms. The zero-order valence-electron chi connectivity index (χ0n) is 11.8. The van der Waals surface area contributed by atoms with E-state index >= 15 is 0 Å². The van der Waals surface area contributed by atoms with Crippen LogP contribution in [-0.2, 0) is 14.8 Å². The minimum atomic E-state index is -3.61. The summed E-state index contributed by atoms with van der Waals surface area (Å²) in [5.41, 5.74) is 0. The minimum absolute atomic E-state index is 0.0517. The molecule has 8 heteroatoms. The van der Waals surface area contributed by atoms with E-state index in [2.05, 4.69) is 4.98 Å². The zero-order chi connectivity index (χ0) is 15.5. The molecule has 118 valence electrons. The highest BCUT2D eigenvalue weighted by molar-refractivity contribution is 7.89. The van der Waals surface area contributed by atoms with Crippen LogP contribution in [0.5, 0.6) is 0 Å². The van der Waals surface area contributed by atoms with Crippen LogP contribution in [-0.4, -0.2) is 43.5 Å². The normalized spacial score (nSPS) is 20.6. The van der Waals surface area contributed by atoms with Crippen LogP contribution in [0.1, 0.15) is 26.2 Å². The van der Waals surface area contributed by atoms with Crippen molar-refractivity contribution in [3.05, 3.63) is 22.4 Å². The summed E-state index contributed by atoms with van der Waals surface area (Å²) in [5.74, 6) is 0. The molecule has 1 aliphatic heterocycles. The van der Waals surface area contributed by atoms with Crippen molar-refractivity contribution in [2.45, 2.75) is 37.2 Å². The first-order valence-corrected chi connectivity index (χ1v) is 9.07. The largest absolute Gasteiger partial charge is 0.377 e. The van der Waals surface area contributed by atoms with E-state index in [1.165, 1.54) is 16.6 Å². The maximum absolute atomic E-state index is 12.6. The molecule has 0 aromatic carbocycles. The number of rotatable bonds is 5. The number of hydrogen-bond acceptors (Lipinski definition) is 4. The van der Waals surface area contributed by atoms with Crippen LogP contribution in [0.3, 0.4) is 0 Å². The Bertz CT molecular complexity index is 595. The average molecular weight is 353 g/mol. The lowest BCUT2D eigenvalue weighted by atomic mass is 10.1. The van der Waals surface area contributed by atoms with Gasteiger partial charge >= 0.3 is 0 Å². The molecule has 1 unspecified atom stereocenters. The van der Waals surface area contributed by atoms with Gasteiger partial charge in [0.15, 0.2) is 0 Å². The van der Waals surface area contributed by atoms with Crippen molar-refractivity contribution in [2.75, 3.05) is 19.7 Å². The van der Waals surface area contributed by atoms with Crippen LogP contribution >= 0.6 is 23.2 Å². The van der Waals surface area contributed by atoms with Gasteiger partial charge in [0, 0.05) is 25.9 Å². The number of ether oxygens (including phenoxy) is 1. The molecule has 1 aromatic rings. The highest BCUT2D eigenvalue weighted by Crippen LogP contribution is 2.26. The first kappa shape index (κ1) is 17.0. The van der Waals surface area contributed by atoms with E-state index in [0.29, 0.717) is 19.7 Å². The SMILES string of the molecule is CCCOC1CCCN(S(=O)(=O)c2cnc(Cl)c(Cl)c2)C1. The Labute approximate surface area is 135 Å². The zero-order valence-corrected chi connectivity index (χ0v) is 14.1. The van der Waals surface area contributed by atoms with Crippen molar-refractivity contribution in [1.82, 2.24) is 9.29 Å². The molecule has 2 heterocycles. The maximum atomic E-state index is 12.6. The van der Waals surface area contributed by atoms with Crippen LogP contribution in [0.4, 0.5) is 0 Å². The lowest BCUT2D eigenvalue weighted by Gasteiger charge is -2.31. The molecule has 0 amide bonds. The fraction of sp³-hybridized carbons (Fsp3) is 0.615. The molecule has 0 radical (unpaired) electrons. The molecular formula is C13H18Cl2N2O3S. The number of hydrogen-bond donors (Lipinski definition) is 0. The van der Waals surface area contributed by atoms with Crippen molar-refractivity contribution < 1.29 is 13.2 Å². The van der Waals surface area contributed by atoms with E-state index in [1.807, 2.05) is 6.92 Å². The van der Waals surface area contributed by atoms with Gasteiger partial charge in [-0.05, 0) is 25.3 Å². The molecule has 0 saturated carbocycles. The van der Waals surface area contributed by atoms with Crippen molar-refractivity contribution >= 4 is 33.2 Å². The molecule has 0 aliphatic carbocycles. The van der Waals surface area contributed by atoms with Crippen molar-refractivity contribution in [3.63, 3.8) is 0 Å². The number of sulfonamides is 1. The van der Waals surface area contributed by atoms with Crippen LogP contribution in [0.15, 0.2) is 17.2 Å². The van der Waals surface area contributed by atoms with Gasteiger partial charge in [-0.15, -0.1) is 0 Å². The van der Waals surface area contributed by atoms with E-state index in [-0.39, 0.29) is 21.2 Å². The Morgan fingerprint density at radius 3 is 2.90 bits per heavy atom. The summed E-state index contributed by atoms with van der Waals surface area (Å²) in [4.78, 5) is 3.87. The summed E-state index contributed by atoms with van der Waals surface area (Å²) >= 11 is 11.6. The quantitative estimate of drug-likeness (QED) is 0.764. The number of aromatic nitrogens is 1. The Kier molecular flexibility index (Phi) is 5.85. The van der Waals surface area contributed by atoms with Crippen LogP contribution < -0.4 is 0 Å². The summed E-state index contributed by atoms with van der Waals surface area (Å²) < 4.78 is 32.3. The lowest BCUT2D eigenvalue weighted by Crippen LogP contribution is -2.43. The van der Waals surface area contributed by atoms with E-state index in [9.17, 15) is 8.42 Å². The summed E-state index contributed by atoms with van der Waals surface area (Å²) in [6.45, 7) is 3.52. The van der Waals surface area contributed by atoms with Crippen molar-refractivity contribution in [3.8, 4) is 0 Å². The first-order valence-electron chi connectivity index (χ1n) is 6.88. The number of piperidine rings is 1. The smallest absolute Gasteiger partial charge is 0.244 e. The topological polar surface area (TPSA) is 59.5 Å². The number of pyridine rings is 1. The van der Waals surface area contributed by atoms with Gasteiger partial charge in [-0.2, -0.15) is 4.31 Å². The van der Waals surface area contributed by atoms with Crippen LogP contribution in [0.25, 0.3) is 0 Å². The lowest BCUT2D eigenvalue weighted by molar-refractivity contribution is 0.0193. The molecule has 0 N–H and O–H groups in total. The van der Waals surface area contributed by atoms with E-state index in [0.717, 1.165) is 19.3 Å². The van der Waals surface area contributed by atoms with Crippen LogP contribution in [0.2, 0.25) is 10.2 Å².